The second-order valence-corrected chi connectivity index (χ2v) is 5.85. The van der Waals surface area contributed by atoms with Gasteiger partial charge in [0.15, 0.2) is 5.11 Å². The van der Waals surface area contributed by atoms with E-state index in [0.29, 0.717) is 6.04 Å². The van der Waals surface area contributed by atoms with Crippen molar-refractivity contribution in [1.29, 1.82) is 0 Å². The molecule has 3 nitrogen and oxygen atoms in total. The Morgan fingerprint density at radius 2 is 1.82 bits per heavy atom. The summed E-state index contributed by atoms with van der Waals surface area (Å²) < 4.78 is 0. The van der Waals surface area contributed by atoms with E-state index in [0.717, 1.165) is 30.2 Å². The lowest BCUT2D eigenvalue weighted by atomic mass is 10.2. The highest BCUT2D eigenvalue weighted by atomic mass is 32.1. The van der Waals surface area contributed by atoms with Crippen molar-refractivity contribution in [1.82, 2.24) is 15.2 Å². The van der Waals surface area contributed by atoms with Crippen LogP contribution in [-0.2, 0) is 13.1 Å². The average molecular weight is 313 g/mol. The van der Waals surface area contributed by atoms with Crippen LogP contribution in [0.1, 0.15) is 31.4 Å². The molecular formula is C18H23N3S. The Kier molecular flexibility index (Phi) is 6.34. The number of hydrogen-bond acceptors (Lipinski definition) is 2. The lowest BCUT2D eigenvalue weighted by Gasteiger charge is -2.28. The topological polar surface area (TPSA) is 28.2 Å². The standard InChI is InChI=1S/C18H23N3S/c1-3-15(2)20-18(22)21(13-16-8-5-4-6-9-16)14-17-10-7-11-19-12-17/h4-12,15H,3,13-14H2,1-2H3,(H,20,22). The number of hydrogen-bond donors (Lipinski definition) is 1. The lowest BCUT2D eigenvalue weighted by molar-refractivity contribution is 0.391. The molecule has 1 aromatic carbocycles. The van der Waals surface area contributed by atoms with Gasteiger partial charge in [0.25, 0.3) is 0 Å². The van der Waals surface area contributed by atoms with Gasteiger partial charge in [-0.1, -0.05) is 43.3 Å². The fraction of sp³-hybridized carbons (Fsp3) is 0.333. The third kappa shape index (κ3) is 5.11. The highest BCUT2D eigenvalue weighted by Crippen LogP contribution is 2.10. The van der Waals surface area contributed by atoms with E-state index in [1.165, 1.54) is 5.56 Å². The summed E-state index contributed by atoms with van der Waals surface area (Å²) in [6.07, 6.45) is 4.73. The summed E-state index contributed by atoms with van der Waals surface area (Å²) in [4.78, 5) is 6.38. The maximum Gasteiger partial charge on any atom is 0.169 e. The van der Waals surface area contributed by atoms with Crippen LogP contribution in [0.25, 0.3) is 0 Å². The Hall–Kier alpha value is -1.94. The molecule has 0 radical (unpaired) electrons. The average Bonchev–Trinajstić information content (AvgIpc) is 2.56. The second kappa shape index (κ2) is 8.49. The number of nitrogens with zero attached hydrogens (tertiary/aromatic N) is 2. The summed E-state index contributed by atoms with van der Waals surface area (Å²) in [7, 11) is 0. The van der Waals surface area contributed by atoms with E-state index in [-0.39, 0.29) is 0 Å². The Balaban J connectivity index is 2.11. The first-order valence-corrected chi connectivity index (χ1v) is 8.08. The third-order valence-corrected chi connectivity index (χ3v) is 3.96. The number of pyridine rings is 1. The lowest BCUT2D eigenvalue weighted by Crippen LogP contribution is -2.42. The van der Waals surface area contributed by atoms with Gasteiger partial charge in [0.1, 0.15) is 0 Å². The maximum absolute atomic E-state index is 5.61. The summed E-state index contributed by atoms with van der Waals surface area (Å²) >= 11 is 5.61. The van der Waals surface area contributed by atoms with Crippen LogP contribution in [0, 0.1) is 0 Å². The number of benzene rings is 1. The molecule has 116 valence electrons. The normalized spacial score (nSPS) is 11.7. The van der Waals surface area contributed by atoms with E-state index in [4.69, 9.17) is 12.2 Å². The molecular weight excluding hydrogens is 290 g/mol. The van der Waals surface area contributed by atoms with Crippen LogP contribution in [0.4, 0.5) is 0 Å². The molecule has 0 saturated heterocycles. The van der Waals surface area contributed by atoms with Crippen molar-refractivity contribution in [3.63, 3.8) is 0 Å². The van der Waals surface area contributed by atoms with E-state index in [2.05, 4.69) is 59.4 Å². The molecule has 0 bridgehead atoms. The molecule has 1 atom stereocenters. The van der Waals surface area contributed by atoms with E-state index >= 15 is 0 Å². The van der Waals surface area contributed by atoms with Crippen LogP contribution in [0.5, 0.6) is 0 Å². The molecule has 0 aliphatic heterocycles. The van der Waals surface area contributed by atoms with E-state index < -0.39 is 0 Å². The number of thiocarbonyl (C=S) groups is 1. The Bertz CT molecular complexity index is 530. The van der Waals surface area contributed by atoms with Crippen molar-refractivity contribution < 1.29 is 0 Å². The predicted molar refractivity (Wildman–Crippen MR) is 95.4 cm³/mol. The molecule has 2 aromatic rings. The second-order valence-electron chi connectivity index (χ2n) is 5.46. The first-order valence-electron chi connectivity index (χ1n) is 7.67. The van der Waals surface area contributed by atoms with Gasteiger partial charge in [-0.15, -0.1) is 0 Å². The van der Waals surface area contributed by atoms with Gasteiger partial charge >= 0.3 is 0 Å². The van der Waals surface area contributed by atoms with E-state index in [1.807, 2.05) is 18.3 Å². The Labute approximate surface area is 138 Å². The number of aromatic nitrogens is 1. The molecule has 0 spiro atoms. The monoisotopic (exact) mass is 313 g/mol. The number of nitrogens with one attached hydrogen (secondary N) is 1. The highest BCUT2D eigenvalue weighted by Gasteiger charge is 2.13. The molecule has 1 heterocycles. The summed E-state index contributed by atoms with van der Waals surface area (Å²) in [6, 6.07) is 14.8. The summed E-state index contributed by atoms with van der Waals surface area (Å²) in [6.45, 7) is 5.85. The molecule has 0 amide bonds. The summed E-state index contributed by atoms with van der Waals surface area (Å²) in [5, 5.41) is 4.20. The van der Waals surface area contributed by atoms with Crippen LogP contribution < -0.4 is 5.32 Å². The van der Waals surface area contributed by atoms with Crippen LogP contribution in [0.3, 0.4) is 0 Å². The van der Waals surface area contributed by atoms with Crippen LogP contribution in [0.15, 0.2) is 54.9 Å². The van der Waals surface area contributed by atoms with Gasteiger partial charge in [-0.25, -0.2) is 0 Å². The zero-order valence-electron chi connectivity index (χ0n) is 13.2. The Morgan fingerprint density at radius 1 is 1.14 bits per heavy atom. The van der Waals surface area contributed by atoms with Crippen LogP contribution >= 0.6 is 12.2 Å². The largest absolute Gasteiger partial charge is 0.360 e. The first kappa shape index (κ1) is 16.4. The predicted octanol–water partition coefficient (Wildman–Crippen LogP) is 3.76. The quantitative estimate of drug-likeness (QED) is 0.822. The van der Waals surface area contributed by atoms with Crippen molar-refractivity contribution >= 4 is 17.3 Å². The van der Waals surface area contributed by atoms with Gasteiger partial charge in [-0.05, 0) is 42.8 Å². The molecule has 4 heteroatoms. The molecule has 22 heavy (non-hydrogen) atoms. The van der Waals surface area contributed by atoms with Crippen molar-refractivity contribution in [3.05, 3.63) is 66.0 Å². The molecule has 2 rings (SSSR count). The van der Waals surface area contributed by atoms with Crippen molar-refractivity contribution in [3.8, 4) is 0 Å². The molecule has 1 N–H and O–H groups in total. The third-order valence-electron chi connectivity index (χ3n) is 3.58. The molecule has 0 fully saturated rings. The van der Waals surface area contributed by atoms with Crippen LogP contribution in [-0.4, -0.2) is 21.0 Å². The maximum atomic E-state index is 5.61. The minimum atomic E-state index is 0.375. The highest BCUT2D eigenvalue weighted by molar-refractivity contribution is 7.80. The van der Waals surface area contributed by atoms with Gasteiger partial charge in [0.2, 0.25) is 0 Å². The molecule has 0 aliphatic rings. The fourth-order valence-electron chi connectivity index (χ4n) is 2.12. The minimum absolute atomic E-state index is 0.375. The van der Waals surface area contributed by atoms with Crippen LogP contribution in [0.2, 0.25) is 0 Å². The van der Waals surface area contributed by atoms with E-state index in [9.17, 15) is 0 Å². The van der Waals surface area contributed by atoms with Crippen molar-refractivity contribution in [2.45, 2.75) is 39.4 Å². The van der Waals surface area contributed by atoms with Gasteiger partial charge in [0, 0.05) is 31.5 Å². The molecule has 1 unspecified atom stereocenters. The van der Waals surface area contributed by atoms with Gasteiger partial charge in [-0.2, -0.15) is 0 Å². The Morgan fingerprint density at radius 3 is 2.45 bits per heavy atom. The minimum Gasteiger partial charge on any atom is -0.360 e. The van der Waals surface area contributed by atoms with E-state index in [1.54, 1.807) is 6.20 Å². The first-order chi connectivity index (χ1) is 10.7. The SMILES string of the molecule is CCC(C)NC(=S)N(Cc1ccccc1)Cc1cccnc1. The number of rotatable bonds is 6. The van der Waals surface area contributed by atoms with Crippen molar-refractivity contribution in [2.24, 2.45) is 0 Å². The van der Waals surface area contributed by atoms with Gasteiger partial charge in [-0.3, -0.25) is 4.98 Å². The summed E-state index contributed by atoms with van der Waals surface area (Å²) in [5.74, 6) is 0. The molecule has 0 aliphatic carbocycles. The molecule has 1 aromatic heterocycles. The van der Waals surface area contributed by atoms with Crippen molar-refractivity contribution in [2.75, 3.05) is 0 Å². The van der Waals surface area contributed by atoms with Gasteiger partial charge < -0.3 is 10.2 Å². The summed E-state index contributed by atoms with van der Waals surface area (Å²) in [5.41, 5.74) is 2.41. The smallest absolute Gasteiger partial charge is 0.169 e. The zero-order chi connectivity index (χ0) is 15.8. The zero-order valence-corrected chi connectivity index (χ0v) is 14.0. The fourth-order valence-corrected chi connectivity index (χ4v) is 2.45. The van der Waals surface area contributed by atoms with Gasteiger partial charge in [0.05, 0.1) is 0 Å². The molecule has 0 saturated carbocycles.